The zero-order chi connectivity index (χ0) is 9.07. The van der Waals surface area contributed by atoms with Crippen LogP contribution in [0, 0.1) is 5.41 Å². The molecule has 4 N–H and O–H groups in total. The Hall–Kier alpha value is -0.770. The molecule has 0 saturated carbocycles. The molecule has 2 amide bonds. The van der Waals surface area contributed by atoms with Crippen molar-refractivity contribution in [3.63, 3.8) is 0 Å². The normalized spacial score (nSPS) is 14.2. The third-order valence-electron chi connectivity index (χ3n) is 1.47. The lowest BCUT2D eigenvalue weighted by Gasteiger charge is -2.25. The molecule has 1 unspecified atom stereocenters. The number of carbonyl (C=O) groups is 1. The van der Waals surface area contributed by atoms with Gasteiger partial charge >= 0.3 is 6.03 Å². The van der Waals surface area contributed by atoms with Gasteiger partial charge in [-0.25, -0.2) is 4.79 Å². The van der Waals surface area contributed by atoms with Crippen LogP contribution in [-0.2, 0) is 0 Å². The summed E-state index contributed by atoms with van der Waals surface area (Å²) in [6.45, 7) is 5.87. The monoisotopic (exact) mass is 160 g/mol. The van der Waals surface area contributed by atoms with Gasteiger partial charge in [-0.15, -0.1) is 0 Å². The van der Waals surface area contributed by atoms with Gasteiger partial charge in [0.25, 0.3) is 0 Å². The van der Waals surface area contributed by atoms with E-state index in [1.807, 2.05) is 20.8 Å². The highest BCUT2D eigenvalue weighted by molar-refractivity contribution is 5.71. The number of nitrogens with one attached hydrogen (secondary N) is 1. The molecule has 1 atom stereocenters. The van der Waals surface area contributed by atoms with Crippen LogP contribution in [0.2, 0.25) is 0 Å². The molecule has 0 saturated heterocycles. The van der Waals surface area contributed by atoms with Crippen molar-refractivity contribution in [2.45, 2.75) is 26.9 Å². The van der Waals surface area contributed by atoms with E-state index in [-0.39, 0.29) is 12.0 Å². The minimum absolute atomic E-state index is 0.207. The second-order valence-electron chi connectivity index (χ2n) is 3.63. The molecule has 0 heterocycles. The lowest BCUT2D eigenvalue weighted by Crippen LogP contribution is -2.41. The van der Waals surface area contributed by atoms with Gasteiger partial charge in [0.2, 0.25) is 0 Å². The van der Waals surface area contributed by atoms with Crippen molar-refractivity contribution in [3.8, 4) is 0 Å². The molecule has 0 aliphatic carbocycles. The van der Waals surface area contributed by atoms with Gasteiger partial charge in [-0.3, -0.25) is 0 Å². The number of hydrogen-bond acceptors (Lipinski definition) is 2. The lowest BCUT2D eigenvalue weighted by molar-refractivity contribution is 0.0653. The van der Waals surface area contributed by atoms with E-state index < -0.39 is 12.1 Å². The quantitative estimate of drug-likeness (QED) is 0.534. The Morgan fingerprint density at radius 2 is 2.09 bits per heavy atom. The largest absolute Gasteiger partial charge is 0.391 e. The average molecular weight is 160 g/mol. The summed E-state index contributed by atoms with van der Waals surface area (Å²) in [4.78, 5) is 10.2. The molecule has 0 rings (SSSR count). The second kappa shape index (κ2) is 3.57. The van der Waals surface area contributed by atoms with E-state index in [1.54, 1.807) is 0 Å². The molecule has 0 aromatic heterocycles. The van der Waals surface area contributed by atoms with Crippen molar-refractivity contribution in [2.75, 3.05) is 6.54 Å². The number of aliphatic hydroxyl groups excluding tert-OH is 1. The Morgan fingerprint density at radius 1 is 1.64 bits per heavy atom. The third kappa shape index (κ3) is 4.61. The van der Waals surface area contributed by atoms with Gasteiger partial charge in [0, 0.05) is 6.54 Å². The molecular weight excluding hydrogens is 144 g/mol. The Morgan fingerprint density at radius 3 is 2.36 bits per heavy atom. The SMILES string of the molecule is CC(C)(C)C(O)CNC(N)=O. The molecular formula is C7H16N2O2. The highest BCUT2D eigenvalue weighted by Gasteiger charge is 2.21. The summed E-state index contributed by atoms with van der Waals surface area (Å²) < 4.78 is 0. The first-order chi connectivity index (χ1) is 4.84. The number of nitrogens with two attached hydrogens (primary N) is 1. The minimum Gasteiger partial charge on any atom is -0.391 e. The first-order valence-electron chi connectivity index (χ1n) is 3.55. The van der Waals surface area contributed by atoms with E-state index in [9.17, 15) is 9.90 Å². The van der Waals surface area contributed by atoms with E-state index in [2.05, 4.69) is 5.32 Å². The fourth-order valence-corrected chi connectivity index (χ4v) is 0.503. The first-order valence-corrected chi connectivity index (χ1v) is 3.55. The number of primary amides is 1. The van der Waals surface area contributed by atoms with E-state index >= 15 is 0 Å². The van der Waals surface area contributed by atoms with Crippen LogP contribution in [0.5, 0.6) is 0 Å². The molecule has 0 bridgehead atoms. The lowest BCUT2D eigenvalue weighted by atomic mass is 9.89. The molecule has 0 aromatic carbocycles. The Balaban J connectivity index is 3.70. The van der Waals surface area contributed by atoms with Gasteiger partial charge < -0.3 is 16.2 Å². The van der Waals surface area contributed by atoms with E-state index in [1.165, 1.54) is 0 Å². The van der Waals surface area contributed by atoms with Crippen LogP contribution in [0.15, 0.2) is 0 Å². The van der Waals surface area contributed by atoms with Crippen molar-refractivity contribution in [2.24, 2.45) is 11.1 Å². The van der Waals surface area contributed by atoms with E-state index in [0.29, 0.717) is 0 Å². The number of urea groups is 1. The Bertz CT molecular complexity index is 140. The summed E-state index contributed by atoms with van der Waals surface area (Å²) in [7, 11) is 0. The van der Waals surface area contributed by atoms with Crippen molar-refractivity contribution in [1.82, 2.24) is 5.32 Å². The van der Waals surface area contributed by atoms with Crippen molar-refractivity contribution >= 4 is 6.03 Å². The number of amides is 2. The predicted molar refractivity (Wildman–Crippen MR) is 43.0 cm³/mol. The highest BCUT2D eigenvalue weighted by Crippen LogP contribution is 2.17. The Kier molecular flexibility index (Phi) is 3.32. The summed E-state index contributed by atoms with van der Waals surface area (Å²) in [5.41, 5.74) is 4.60. The zero-order valence-electron chi connectivity index (χ0n) is 7.22. The smallest absolute Gasteiger partial charge is 0.312 e. The Labute approximate surface area is 66.8 Å². The number of hydrogen-bond donors (Lipinski definition) is 3. The number of aliphatic hydroxyl groups is 1. The molecule has 0 spiro atoms. The fraction of sp³-hybridized carbons (Fsp3) is 0.857. The van der Waals surface area contributed by atoms with E-state index in [4.69, 9.17) is 5.73 Å². The van der Waals surface area contributed by atoms with Crippen LogP contribution in [-0.4, -0.2) is 23.8 Å². The number of rotatable bonds is 2. The van der Waals surface area contributed by atoms with Crippen molar-refractivity contribution < 1.29 is 9.90 Å². The van der Waals surface area contributed by atoms with Crippen LogP contribution in [0.4, 0.5) is 4.79 Å². The number of carbonyl (C=O) groups excluding carboxylic acids is 1. The summed E-state index contributed by atoms with van der Waals surface area (Å²) in [6.07, 6.45) is -0.560. The maximum Gasteiger partial charge on any atom is 0.312 e. The van der Waals surface area contributed by atoms with Gasteiger partial charge in [0.1, 0.15) is 0 Å². The molecule has 0 aromatic rings. The van der Waals surface area contributed by atoms with Gasteiger partial charge in [-0.1, -0.05) is 20.8 Å². The predicted octanol–water partition coefficient (Wildman–Crippen LogP) is 0.0617. The van der Waals surface area contributed by atoms with Crippen molar-refractivity contribution in [1.29, 1.82) is 0 Å². The second-order valence-corrected chi connectivity index (χ2v) is 3.63. The third-order valence-corrected chi connectivity index (χ3v) is 1.47. The van der Waals surface area contributed by atoms with Crippen LogP contribution < -0.4 is 11.1 Å². The standard InChI is InChI=1S/C7H16N2O2/c1-7(2,3)5(10)4-9-6(8)11/h5,10H,4H2,1-3H3,(H3,8,9,11). The van der Waals surface area contributed by atoms with Crippen LogP contribution >= 0.6 is 0 Å². The van der Waals surface area contributed by atoms with E-state index in [0.717, 1.165) is 0 Å². The molecule has 4 heteroatoms. The molecule has 4 nitrogen and oxygen atoms in total. The van der Waals surface area contributed by atoms with Gasteiger partial charge in [0.15, 0.2) is 0 Å². The molecule has 0 fully saturated rings. The summed E-state index contributed by atoms with van der Waals surface area (Å²) in [5, 5.41) is 11.7. The van der Waals surface area contributed by atoms with Gasteiger partial charge in [-0.05, 0) is 5.41 Å². The van der Waals surface area contributed by atoms with Crippen LogP contribution in [0.25, 0.3) is 0 Å². The molecule has 66 valence electrons. The minimum atomic E-state index is -0.603. The maximum absolute atomic E-state index is 10.2. The molecule has 0 aliphatic heterocycles. The fourth-order valence-electron chi connectivity index (χ4n) is 0.503. The average Bonchev–Trinajstić information content (AvgIpc) is 1.80. The zero-order valence-corrected chi connectivity index (χ0v) is 7.22. The van der Waals surface area contributed by atoms with Gasteiger partial charge in [-0.2, -0.15) is 0 Å². The molecule has 0 radical (unpaired) electrons. The topological polar surface area (TPSA) is 75.3 Å². The first kappa shape index (κ1) is 10.2. The maximum atomic E-state index is 10.2. The molecule has 11 heavy (non-hydrogen) atoms. The van der Waals surface area contributed by atoms with Crippen molar-refractivity contribution in [3.05, 3.63) is 0 Å². The van der Waals surface area contributed by atoms with Gasteiger partial charge in [0.05, 0.1) is 6.10 Å². The van der Waals surface area contributed by atoms with Crippen LogP contribution in [0.1, 0.15) is 20.8 Å². The summed E-state index contributed by atoms with van der Waals surface area (Å²) in [6, 6.07) is -0.603. The van der Waals surface area contributed by atoms with Crippen LogP contribution in [0.3, 0.4) is 0 Å². The molecule has 0 aliphatic rings. The summed E-state index contributed by atoms with van der Waals surface area (Å²) >= 11 is 0. The summed E-state index contributed by atoms with van der Waals surface area (Å²) in [5.74, 6) is 0. The highest BCUT2D eigenvalue weighted by atomic mass is 16.3.